The molecule has 0 bridgehead atoms. The number of rotatable bonds is 5. The molecular weight excluding hydrogens is 202 g/mol. The van der Waals surface area contributed by atoms with Gasteiger partial charge in [0.15, 0.2) is 0 Å². The number of benzene rings is 1. The van der Waals surface area contributed by atoms with Crippen LogP contribution < -0.4 is 5.32 Å². The van der Waals surface area contributed by atoms with E-state index in [1.807, 2.05) is 31.2 Å². The second-order valence-corrected chi connectivity index (χ2v) is 3.33. The third-order valence-electron chi connectivity index (χ3n) is 2.25. The molecule has 0 amide bonds. The molecule has 0 heterocycles. The molecule has 0 saturated carbocycles. The minimum absolute atomic E-state index is 0.348. The first-order valence-corrected chi connectivity index (χ1v) is 4.99. The molecule has 0 aliphatic carbocycles. The van der Waals surface area contributed by atoms with Crippen LogP contribution in [-0.4, -0.2) is 13.1 Å². The van der Waals surface area contributed by atoms with Crippen LogP contribution in [0.25, 0.3) is 10.4 Å². The highest BCUT2D eigenvalue weighted by Crippen LogP contribution is 2.16. The van der Waals surface area contributed by atoms with Crippen LogP contribution in [0.4, 0.5) is 0 Å². The molecule has 1 aromatic carbocycles. The molecular formula is C11H13N5. The van der Waals surface area contributed by atoms with E-state index in [4.69, 9.17) is 10.8 Å². The highest BCUT2D eigenvalue weighted by Gasteiger charge is 2.10. The van der Waals surface area contributed by atoms with Crippen LogP contribution in [0.15, 0.2) is 29.4 Å². The number of nitriles is 1. The van der Waals surface area contributed by atoms with E-state index in [0.29, 0.717) is 13.1 Å². The Morgan fingerprint density at radius 2 is 2.31 bits per heavy atom. The first-order chi connectivity index (χ1) is 7.79. The summed E-state index contributed by atoms with van der Waals surface area (Å²) in [6, 6.07) is 9.57. The van der Waals surface area contributed by atoms with Crippen LogP contribution in [-0.2, 0) is 0 Å². The minimum Gasteiger partial charge on any atom is -0.298 e. The van der Waals surface area contributed by atoms with Crippen molar-refractivity contribution in [3.63, 3.8) is 0 Å². The van der Waals surface area contributed by atoms with Crippen LogP contribution in [0.5, 0.6) is 0 Å². The van der Waals surface area contributed by atoms with E-state index in [0.717, 1.165) is 11.1 Å². The Morgan fingerprint density at radius 1 is 1.56 bits per heavy atom. The highest BCUT2D eigenvalue weighted by molar-refractivity contribution is 5.32. The Balaban J connectivity index is 2.65. The fourth-order valence-corrected chi connectivity index (χ4v) is 1.44. The van der Waals surface area contributed by atoms with E-state index in [-0.39, 0.29) is 6.04 Å². The molecule has 5 heteroatoms. The van der Waals surface area contributed by atoms with E-state index in [1.54, 1.807) is 0 Å². The van der Waals surface area contributed by atoms with Crippen molar-refractivity contribution < 1.29 is 0 Å². The summed E-state index contributed by atoms with van der Waals surface area (Å²) < 4.78 is 0. The Hall–Kier alpha value is -2.02. The summed E-state index contributed by atoms with van der Waals surface area (Å²) in [5.41, 5.74) is 10.2. The Bertz CT molecular complexity index is 428. The lowest BCUT2D eigenvalue weighted by atomic mass is 10.0. The summed E-state index contributed by atoms with van der Waals surface area (Å²) in [6.07, 6.45) is 0. The van der Waals surface area contributed by atoms with Crippen LogP contribution in [0.2, 0.25) is 0 Å². The van der Waals surface area contributed by atoms with Gasteiger partial charge in [-0.1, -0.05) is 29.4 Å². The van der Waals surface area contributed by atoms with Gasteiger partial charge in [0.1, 0.15) is 6.04 Å². The first-order valence-electron chi connectivity index (χ1n) is 4.99. The number of nitrogens with zero attached hydrogens (tertiary/aromatic N) is 4. The molecule has 82 valence electrons. The lowest BCUT2D eigenvalue weighted by molar-refractivity contribution is 0.633. The van der Waals surface area contributed by atoms with E-state index >= 15 is 0 Å². The zero-order valence-electron chi connectivity index (χ0n) is 9.09. The van der Waals surface area contributed by atoms with Gasteiger partial charge >= 0.3 is 0 Å². The predicted octanol–water partition coefficient (Wildman–Crippen LogP) is 2.46. The van der Waals surface area contributed by atoms with Gasteiger partial charge in [-0.3, -0.25) is 5.32 Å². The maximum atomic E-state index is 9.04. The molecule has 0 radical (unpaired) electrons. The van der Waals surface area contributed by atoms with Crippen molar-refractivity contribution >= 4 is 0 Å². The summed E-state index contributed by atoms with van der Waals surface area (Å²) in [4.78, 5) is 2.65. The zero-order valence-corrected chi connectivity index (χ0v) is 9.09. The zero-order chi connectivity index (χ0) is 11.8. The number of hydrogen-bond acceptors (Lipinski definition) is 3. The molecule has 16 heavy (non-hydrogen) atoms. The lowest BCUT2D eigenvalue weighted by Crippen LogP contribution is -2.23. The quantitative estimate of drug-likeness (QED) is 0.354. The molecule has 1 unspecified atom stereocenters. The number of nitrogens with one attached hydrogen (secondary N) is 1. The topological polar surface area (TPSA) is 84.6 Å². The van der Waals surface area contributed by atoms with Crippen molar-refractivity contribution in [2.75, 3.05) is 13.1 Å². The van der Waals surface area contributed by atoms with Gasteiger partial charge in [-0.05, 0) is 23.6 Å². The number of hydrogen-bond donors (Lipinski definition) is 1. The van der Waals surface area contributed by atoms with Gasteiger partial charge in [0.2, 0.25) is 0 Å². The van der Waals surface area contributed by atoms with Crippen LogP contribution in [0.1, 0.15) is 17.2 Å². The number of aryl methyl sites for hydroxylation is 1. The van der Waals surface area contributed by atoms with Gasteiger partial charge in [-0.2, -0.15) is 5.26 Å². The monoisotopic (exact) mass is 215 g/mol. The summed E-state index contributed by atoms with van der Waals surface area (Å²) in [6.45, 7) is 2.81. The molecule has 0 aliphatic rings. The van der Waals surface area contributed by atoms with Crippen molar-refractivity contribution in [3.8, 4) is 6.07 Å². The SMILES string of the molecule is Cc1ccccc1C(C#N)NCCN=[N+]=[N-]. The average Bonchev–Trinajstić information content (AvgIpc) is 2.31. The van der Waals surface area contributed by atoms with Crippen molar-refractivity contribution in [2.24, 2.45) is 5.11 Å². The molecule has 5 nitrogen and oxygen atoms in total. The summed E-state index contributed by atoms with van der Waals surface area (Å²) in [5.74, 6) is 0. The molecule has 0 spiro atoms. The average molecular weight is 215 g/mol. The van der Waals surface area contributed by atoms with Crippen LogP contribution >= 0.6 is 0 Å². The lowest BCUT2D eigenvalue weighted by Gasteiger charge is -2.13. The molecule has 0 aliphatic heterocycles. The van der Waals surface area contributed by atoms with Gasteiger partial charge in [0.25, 0.3) is 0 Å². The predicted molar refractivity (Wildman–Crippen MR) is 61.5 cm³/mol. The van der Waals surface area contributed by atoms with E-state index in [9.17, 15) is 0 Å². The molecule has 0 fully saturated rings. The normalized spacial score (nSPS) is 11.2. The van der Waals surface area contributed by atoms with Gasteiger partial charge < -0.3 is 0 Å². The summed E-state index contributed by atoms with van der Waals surface area (Å²) >= 11 is 0. The third-order valence-corrected chi connectivity index (χ3v) is 2.25. The van der Waals surface area contributed by atoms with Gasteiger partial charge in [-0.15, -0.1) is 0 Å². The molecule has 1 aromatic rings. The Morgan fingerprint density at radius 3 is 2.94 bits per heavy atom. The molecule has 1 atom stereocenters. The standard InChI is InChI=1S/C11H13N5/c1-9-4-2-3-5-10(9)11(8-12)14-6-7-15-16-13/h2-5,11,14H,6-7H2,1H3. The molecule has 0 aromatic heterocycles. The summed E-state index contributed by atoms with van der Waals surface area (Å²) in [7, 11) is 0. The Kier molecular flexibility index (Phi) is 4.87. The highest BCUT2D eigenvalue weighted by atomic mass is 15.1. The Labute approximate surface area is 94.3 Å². The fraction of sp³-hybridized carbons (Fsp3) is 0.364. The van der Waals surface area contributed by atoms with E-state index in [2.05, 4.69) is 21.4 Å². The molecule has 1 N–H and O–H groups in total. The van der Waals surface area contributed by atoms with E-state index in [1.165, 1.54) is 0 Å². The van der Waals surface area contributed by atoms with Gasteiger partial charge in [-0.25, -0.2) is 0 Å². The second-order valence-electron chi connectivity index (χ2n) is 3.33. The third kappa shape index (κ3) is 3.28. The summed E-state index contributed by atoms with van der Waals surface area (Å²) in [5, 5.41) is 15.5. The minimum atomic E-state index is -0.352. The van der Waals surface area contributed by atoms with Crippen molar-refractivity contribution in [1.82, 2.24) is 5.32 Å². The van der Waals surface area contributed by atoms with Crippen LogP contribution in [0.3, 0.4) is 0 Å². The van der Waals surface area contributed by atoms with Crippen molar-refractivity contribution in [1.29, 1.82) is 5.26 Å². The largest absolute Gasteiger partial charge is 0.298 e. The maximum Gasteiger partial charge on any atom is 0.121 e. The first kappa shape index (κ1) is 12.1. The maximum absolute atomic E-state index is 9.04. The molecule has 1 rings (SSSR count). The smallest absolute Gasteiger partial charge is 0.121 e. The van der Waals surface area contributed by atoms with E-state index < -0.39 is 0 Å². The van der Waals surface area contributed by atoms with Gasteiger partial charge in [0, 0.05) is 18.0 Å². The van der Waals surface area contributed by atoms with Crippen molar-refractivity contribution in [3.05, 3.63) is 45.8 Å². The fourth-order valence-electron chi connectivity index (χ4n) is 1.44. The number of azide groups is 1. The van der Waals surface area contributed by atoms with Crippen molar-refractivity contribution in [2.45, 2.75) is 13.0 Å². The van der Waals surface area contributed by atoms with Gasteiger partial charge in [0.05, 0.1) is 6.07 Å². The second kappa shape index (κ2) is 6.46. The molecule has 0 saturated heterocycles. The van der Waals surface area contributed by atoms with Crippen LogP contribution in [0, 0.1) is 18.3 Å².